The van der Waals surface area contributed by atoms with Gasteiger partial charge in [0.25, 0.3) is 0 Å². The first-order chi connectivity index (χ1) is 7.19. The zero-order chi connectivity index (χ0) is 11.3. The molecule has 0 spiro atoms. The third-order valence-electron chi connectivity index (χ3n) is 2.36. The zero-order valence-electron chi connectivity index (χ0n) is 9.29. The molecule has 0 bridgehead atoms. The van der Waals surface area contributed by atoms with Crippen LogP contribution >= 0.6 is 0 Å². The lowest BCUT2D eigenvalue weighted by molar-refractivity contribution is 0.205. The third-order valence-corrected chi connectivity index (χ3v) is 2.36. The molecule has 1 atom stereocenters. The first-order valence-electron chi connectivity index (χ1n) is 5.33. The number of hydrogen-bond donors (Lipinski definition) is 1. The minimum atomic E-state index is -0.304. The Morgan fingerprint density at radius 1 is 1.47 bits per heavy atom. The largest absolute Gasteiger partial charge is 0.487 e. The standard InChI is InChI=1S/C12H18FNO/c1-3-9(2)15-12-10(7-8-14)5-4-6-11(12)13/h4-6,9H,3,7-8,14H2,1-2H3. The summed E-state index contributed by atoms with van der Waals surface area (Å²) >= 11 is 0. The van der Waals surface area contributed by atoms with Crippen LogP contribution in [0.2, 0.25) is 0 Å². The van der Waals surface area contributed by atoms with E-state index in [-0.39, 0.29) is 11.9 Å². The smallest absolute Gasteiger partial charge is 0.165 e. The van der Waals surface area contributed by atoms with Gasteiger partial charge in [-0.15, -0.1) is 0 Å². The van der Waals surface area contributed by atoms with Crippen LogP contribution in [-0.2, 0) is 6.42 Å². The Bertz CT molecular complexity index is 314. The molecule has 0 fully saturated rings. The first kappa shape index (κ1) is 12.0. The molecule has 1 aromatic rings. The number of nitrogens with two attached hydrogens (primary N) is 1. The summed E-state index contributed by atoms with van der Waals surface area (Å²) in [6, 6.07) is 4.95. The van der Waals surface area contributed by atoms with Gasteiger partial charge in [0, 0.05) is 0 Å². The summed E-state index contributed by atoms with van der Waals surface area (Å²) in [6.07, 6.45) is 1.53. The number of ether oxygens (including phenoxy) is 1. The predicted octanol–water partition coefficient (Wildman–Crippen LogP) is 2.50. The SMILES string of the molecule is CCC(C)Oc1c(F)cccc1CCN. The monoisotopic (exact) mass is 211 g/mol. The molecule has 0 saturated heterocycles. The molecule has 1 rings (SSSR count). The lowest BCUT2D eigenvalue weighted by Gasteiger charge is -2.16. The Morgan fingerprint density at radius 3 is 2.80 bits per heavy atom. The van der Waals surface area contributed by atoms with E-state index < -0.39 is 0 Å². The maximum absolute atomic E-state index is 13.5. The fraction of sp³-hybridized carbons (Fsp3) is 0.500. The molecule has 0 heterocycles. The van der Waals surface area contributed by atoms with Crippen molar-refractivity contribution < 1.29 is 9.13 Å². The van der Waals surface area contributed by atoms with Gasteiger partial charge in [-0.2, -0.15) is 0 Å². The summed E-state index contributed by atoms with van der Waals surface area (Å²) in [5.41, 5.74) is 6.31. The van der Waals surface area contributed by atoms with Gasteiger partial charge in [0.1, 0.15) is 0 Å². The van der Waals surface area contributed by atoms with E-state index in [1.165, 1.54) is 6.07 Å². The van der Waals surface area contributed by atoms with Crippen LogP contribution in [0.15, 0.2) is 18.2 Å². The molecule has 3 heteroatoms. The van der Waals surface area contributed by atoms with Gasteiger partial charge in [-0.1, -0.05) is 19.1 Å². The van der Waals surface area contributed by atoms with Gasteiger partial charge in [0.15, 0.2) is 11.6 Å². The summed E-state index contributed by atoms with van der Waals surface area (Å²) < 4.78 is 19.1. The molecule has 0 aromatic heterocycles. The highest BCUT2D eigenvalue weighted by atomic mass is 19.1. The van der Waals surface area contributed by atoms with Crippen LogP contribution in [0.5, 0.6) is 5.75 Å². The lowest BCUT2D eigenvalue weighted by Crippen LogP contribution is -2.13. The average molecular weight is 211 g/mol. The van der Waals surface area contributed by atoms with Gasteiger partial charge in [-0.05, 0) is 37.9 Å². The van der Waals surface area contributed by atoms with Crippen molar-refractivity contribution in [2.75, 3.05) is 6.54 Å². The number of halogens is 1. The van der Waals surface area contributed by atoms with E-state index in [0.717, 1.165) is 12.0 Å². The van der Waals surface area contributed by atoms with Crippen molar-refractivity contribution in [2.45, 2.75) is 32.8 Å². The highest BCUT2D eigenvalue weighted by molar-refractivity contribution is 5.35. The van der Waals surface area contributed by atoms with Gasteiger partial charge >= 0.3 is 0 Å². The Labute approximate surface area is 90.2 Å². The highest BCUT2D eigenvalue weighted by Crippen LogP contribution is 2.24. The molecule has 0 aliphatic carbocycles. The van der Waals surface area contributed by atoms with E-state index in [4.69, 9.17) is 10.5 Å². The molecular formula is C12H18FNO. The van der Waals surface area contributed by atoms with Crippen molar-refractivity contribution in [3.05, 3.63) is 29.6 Å². The molecule has 0 aliphatic heterocycles. The van der Waals surface area contributed by atoms with Crippen LogP contribution in [-0.4, -0.2) is 12.6 Å². The van der Waals surface area contributed by atoms with E-state index in [9.17, 15) is 4.39 Å². The number of para-hydroxylation sites is 1. The van der Waals surface area contributed by atoms with Gasteiger partial charge in [0.2, 0.25) is 0 Å². The van der Waals surface area contributed by atoms with Crippen LogP contribution < -0.4 is 10.5 Å². The minimum Gasteiger partial charge on any atom is -0.487 e. The van der Waals surface area contributed by atoms with Crippen molar-refractivity contribution in [3.63, 3.8) is 0 Å². The minimum absolute atomic E-state index is 0.0263. The van der Waals surface area contributed by atoms with Crippen molar-refractivity contribution >= 4 is 0 Å². The molecule has 1 aromatic carbocycles. The van der Waals surface area contributed by atoms with Crippen molar-refractivity contribution in [1.82, 2.24) is 0 Å². The second kappa shape index (κ2) is 5.71. The summed E-state index contributed by atoms with van der Waals surface area (Å²) in [4.78, 5) is 0. The fourth-order valence-electron chi connectivity index (χ4n) is 1.32. The number of hydrogen-bond acceptors (Lipinski definition) is 2. The van der Waals surface area contributed by atoms with Crippen molar-refractivity contribution in [3.8, 4) is 5.75 Å². The Balaban J connectivity index is 2.91. The van der Waals surface area contributed by atoms with E-state index in [2.05, 4.69) is 0 Å². The molecule has 84 valence electrons. The average Bonchev–Trinajstić information content (AvgIpc) is 2.23. The summed E-state index contributed by atoms with van der Waals surface area (Å²) in [5.74, 6) is 0.0542. The van der Waals surface area contributed by atoms with Gasteiger partial charge < -0.3 is 10.5 Å². The van der Waals surface area contributed by atoms with Crippen LogP contribution in [0.25, 0.3) is 0 Å². The quantitative estimate of drug-likeness (QED) is 0.812. The zero-order valence-corrected chi connectivity index (χ0v) is 9.29. The normalized spacial score (nSPS) is 12.5. The highest BCUT2D eigenvalue weighted by Gasteiger charge is 2.11. The van der Waals surface area contributed by atoms with E-state index in [0.29, 0.717) is 18.7 Å². The van der Waals surface area contributed by atoms with E-state index in [1.807, 2.05) is 19.9 Å². The lowest BCUT2D eigenvalue weighted by atomic mass is 10.1. The predicted molar refractivity (Wildman–Crippen MR) is 59.5 cm³/mol. The third kappa shape index (κ3) is 3.20. The Morgan fingerprint density at radius 2 is 2.20 bits per heavy atom. The molecule has 15 heavy (non-hydrogen) atoms. The van der Waals surface area contributed by atoms with Gasteiger partial charge in [0.05, 0.1) is 6.10 Å². The molecule has 2 N–H and O–H groups in total. The Hall–Kier alpha value is -1.09. The molecule has 0 aliphatic rings. The molecule has 0 saturated carbocycles. The number of rotatable bonds is 5. The van der Waals surface area contributed by atoms with E-state index >= 15 is 0 Å². The Kier molecular flexibility index (Phi) is 4.56. The van der Waals surface area contributed by atoms with Crippen LogP contribution in [0.3, 0.4) is 0 Å². The number of benzene rings is 1. The van der Waals surface area contributed by atoms with Gasteiger partial charge in [-0.25, -0.2) is 4.39 Å². The maximum atomic E-state index is 13.5. The maximum Gasteiger partial charge on any atom is 0.165 e. The van der Waals surface area contributed by atoms with Crippen molar-refractivity contribution in [1.29, 1.82) is 0 Å². The first-order valence-corrected chi connectivity index (χ1v) is 5.33. The topological polar surface area (TPSA) is 35.2 Å². The van der Waals surface area contributed by atoms with Crippen LogP contribution in [0.4, 0.5) is 4.39 Å². The molecule has 0 amide bonds. The summed E-state index contributed by atoms with van der Waals surface area (Å²) in [6.45, 7) is 4.44. The van der Waals surface area contributed by atoms with Gasteiger partial charge in [-0.3, -0.25) is 0 Å². The summed E-state index contributed by atoms with van der Waals surface area (Å²) in [7, 11) is 0. The van der Waals surface area contributed by atoms with Crippen LogP contribution in [0, 0.1) is 5.82 Å². The van der Waals surface area contributed by atoms with Crippen LogP contribution in [0.1, 0.15) is 25.8 Å². The second-order valence-corrected chi connectivity index (χ2v) is 3.60. The van der Waals surface area contributed by atoms with E-state index in [1.54, 1.807) is 6.07 Å². The summed E-state index contributed by atoms with van der Waals surface area (Å²) in [5, 5.41) is 0. The molecule has 1 unspecified atom stereocenters. The molecule has 2 nitrogen and oxygen atoms in total. The fourth-order valence-corrected chi connectivity index (χ4v) is 1.32. The van der Waals surface area contributed by atoms with Crippen molar-refractivity contribution in [2.24, 2.45) is 5.73 Å². The molecular weight excluding hydrogens is 193 g/mol. The second-order valence-electron chi connectivity index (χ2n) is 3.60. The molecule has 0 radical (unpaired) electrons.